The van der Waals surface area contributed by atoms with E-state index >= 15 is 0 Å². The Labute approximate surface area is 402 Å². The third-order valence-corrected chi connectivity index (χ3v) is 14.8. The molecule has 12 aromatic rings. The highest BCUT2D eigenvalue weighted by atomic mass is 15.1. The van der Waals surface area contributed by atoms with Crippen molar-refractivity contribution in [3.05, 3.63) is 289 Å². The zero-order valence-electron chi connectivity index (χ0n) is 37.8. The summed E-state index contributed by atoms with van der Waals surface area (Å²) in [5, 5.41) is 2.49. The van der Waals surface area contributed by atoms with E-state index in [0.717, 1.165) is 28.3 Å². The van der Waals surface area contributed by atoms with Gasteiger partial charge in [0.2, 0.25) is 0 Å². The van der Waals surface area contributed by atoms with Crippen molar-refractivity contribution < 1.29 is 0 Å². The summed E-state index contributed by atoms with van der Waals surface area (Å²) in [4.78, 5) is 2.48. The molecule has 322 valence electrons. The normalized spacial score (nSPS) is 12.8. The molecule has 1 aromatic heterocycles. The molecule has 0 N–H and O–H groups in total. The molecule has 0 saturated heterocycles. The van der Waals surface area contributed by atoms with E-state index < -0.39 is 5.41 Å². The molecule has 1 heterocycles. The van der Waals surface area contributed by atoms with E-state index in [-0.39, 0.29) is 0 Å². The quantitative estimate of drug-likeness (QED) is 0.155. The summed E-state index contributed by atoms with van der Waals surface area (Å²) in [5.74, 6) is 0. The summed E-state index contributed by atoms with van der Waals surface area (Å²) in [6, 6.07) is 98.5. The van der Waals surface area contributed by atoms with E-state index in [1.165, 1.54) is 94.1 Å². The van der Waals surface area contributed by atoms with Gasteiger partial charge < -0.3 is 9.47 Å². The fraction of sp³-hybridized carbons (Fsp3) is 0.0149. The van der Waals surface area contributed by atoms with Crippen LogP contribution in [0, 0.1) is 0 Å². The van der Waals surface area contributed by atoms with Gasteiger partial charge in [0.15, 0.2) is 0 Å². The maximum atomic E-state index is 2.50. The minimum Gasteiger partial charge on any atom is -0.310 e. The molecular weight excluding hydrogens is 833 g/mol. The van der Waals surface area contributed by atoms with Crippen molar-refractivity contribution in [1.29, 1.82) is 0 Å². The Hall–Kier alpha value is -8.98. The third kappa shape index (κ3) is 5.92. The number of rotatable bonds is 7. The maximum absolute atomic E-state index is 2.50. The van der Waals surface area contributed by atoms with Crippen molar-refractivity contribution in [2.24, 2.45) is 0 Å². The topological polar surface area (TPSA) is 8.17 Å². The number of nitrogens with zero attached hydrogens (tertiary/aromatic N) is 2. The molecule has 0 radical (unpaired) electrons. The fourth-order valence-corrected chi connectivity index (χ4v) is 11.9. The molecule has 69 heavy (non-hydrogen) atoms. The molecule has 0 saturated carbocycles. The lowest BCUT2D eigenvalue weighted by Gasteiger charge is -2.32. The van der Waals surface area contributed by atoms with Crippen LogP contribution in [0.1, 0.15) is 22.3 Å². The van der Waals surface area contributed by atoms with Gasteiger partial charge in [-0.05, 0) is 139 Å². The predicted molar refractivity (Wildman–Crippen MR) is 288 cm³/mol. The molecule has 2 nitrogen and oxygen atoms in total. The van der Waals surface area contributed by atoms with Crippen LogP contribution in [-0.4, -0.2) is 4.57 Å². The van der Waals surface area contributed by atoms with Gasteiger partial charge in [-0.2, -0.15) is 0 Å². The number of benzene rings is 11. The Kier molecular flexibility index (Phi) is 8.84. The molecule has 2 aliphatic carbocycles. The molecule has 0 aliphatic heterocycles. The molecule has 0 unspecified atom stereocenters. The SMILES string of the molecule is c1ccc(-c2cccc(-c3ccccc3N(c3ccc(-c4ccc5c(c4)c4ccccc4n5-c4ccccc4)cc3)c3ccc4c(c3)C3(c5ccccc5-c5ccccc53)c3ccccc3-4)c2)cc1. The molecule has 0 atom stereocenters. The second kappa shape index (κ2) is 15.6. The molecule has 0 bridgehead atoms. The van der Waals surface area contributed by atoms with Gasteiger partial charge in [0.25, 0.3) is 0 Å². The molecule has 14 rings (SSSR count). The van der Waals surface area contributed by atoms with E-state index in [4.69, 9.17) is 0 Å². The lowest BCUT2D eigenvalue weighted by molar-refractivity contribution is 0.793. The van der Waals surface area contributed by atoms with E-state index in [0.29, 0.717) is 0 Å². The third-order valence-electron chi connectivity index (χ3n) is 14.8. The highest BCUT2D eigenvalue weighted by molar-refractivity contribution is 6.10. The summed E-state index contributed by atoms with van der Waals surface area (Å²) >= 11 is 0. The summed E-state index contributed by atoms with van der Waals surface area (Å²) in [5.41, 5.74) is 24.0. The van der Waals surface area contributed by atoms with Crippen molar-refractivity contribution in [3.63, 3.8) is 0 Å². The van der Waals surface area contributed by atoms with E-state index in [9.17, 15) is 0 Å². The maximum Gasteiger partial charge on any atom is 0.0726 e. The summed E-state index contributed by atoms with van der Waals surface area (Å²) in [6.07, 6.45) is 0. The Morgan fingerprint density at radius 3 is 1.48 bits per heavy atom. The Morgan fingerprint density at radius 1 is 0.275 bits per heavy atom. The largest absolute Gasteiger partial charge is 0.310 e. The van der Waals surface area contributed by atoms with Crippen molar-refractivity contribution in [1.82, 2.24) is 4.57 Å². The smallest absolute Gasteiger partial charge is 0.0726 e. The van der Waals surface area contributed by atoms with Gasteiger partial charge in [-0.1, -0.05) is 200 Å². The highest BCUT2D eigenvalue weighted by Gasteiger charge is 2.51. The summed E-state index contributed by atoms with van der Waals surface area (Å²) < 4.78 is 2.38. The predicted octanol–water partition coefficient (Wildman–Crippen LogP) is 17.6. The van der Waals surface area contributed by atoms with Crippen LogP contribution in [0.2, 0.25) is 0 Å². The minimum atomic E-state index is -0.462. The summed E-state index contributed by atoms with van der Waals surface area (Å²) in [6.45, 7) is 0. The van der Waals surface area contributed by atoms with Crippen LogP contribution in [0.25, 0.3) is 83.1 Å². The number of para-hydroxylation sites is 3. The van der Waals surface area contributed by atoms with Gasteiger partial charge in [0.1, 0.15) is 0 Å². The Balaban J connectivity index is 0.959. The molecule has 0 amide bonds. The molecule has 1 spiro atoms. The Morgan fingerprint density at radius 2 is 0.768 bits per heavy atom. The van der Waals surface area contributed by atoms with Gasteiger partial charge in [-0.25, -0.2) is 0 Å². The first-order chi connectivity index (χ1) is 34.2. The molecular formula is C67H44N2. The number of aromatic nitrogens is 1. The zero-order valence-corrected chi connectivity index (χ0v) is 37.8. The van der Waals surface area contributed by atoms with Crippen molar-refractivity contribution in [2.75, 3.05) is 4.90 Å². The lowest BCUT2D eigenvalue weighted by Crippen LogP contribution is -2.26. The zero-order chi connectivity index (χ0) is 45.5. The number of hydrogen-bond donors (Lipinski definition) is 0. The first-order valence-electron chi connectivity index (χ1n) is 23.9. The monoisotopic (exact) mass is 876 g/mol. The van der Waals surface area contributed by atoms with E-state index in [2.05, 4.69) is 276 Å². The minimum absolute atomic E-state index is 0.462. The van der Waals surface area contributed by atoms with Crippen LogP contribution in [0.3, 0.4) is 0 Å². The standard InChI is InChI=1S/C67H44N2/c1-3-18-45(19-4-1)47-20-17-21-49(42-47)53-24-10-15-32-64(53)68(51-37-34-46(35-38-51)48-36-41-66-59(43-48)58-28-11-16-33-65(58)69(66)50-22-5-2-6-23-50)52-39-40-57-56-27-9-14-31-62(56)67(63(57)44-52)60-29-12-7-25-54(60)55-26-8-13-30-61(55)67/h1-44H. The van der Waals surface area contributed by atoms with Crippen LogP contribution in [0.15, 0.2) is 267 Å². The first-order valence-corrected chi connectivity index (χ1v) is 23.9. The van der Waals surface area contributed by atoms with Gasteiger partial charge in [0.05, 0.1) is 22.1 Å². The van der Waals surface area contributed by atoms with Crippen molar-refractivity contribution in [3.8, 4) is 61.3 Å². The first kappa shape index (κ1) is 39.2. The average Bonchev–Trinajstić information content (AvgIpc) is 4.03. The fourth-order valence-electron chi connectivity index (χ4n) is 11.9. The van der Waals surface area contributed by atoms with E-state index in [1.54, 1.807) is 0 Å². The molecule has 2 aliphatic rings. The van der Waals surface area contributed by atoms with Gasteiger partial charge >= 0.3 is 0 Å². The number of fused-ring (bicyclic) bond motifs is 13. The average molecular weight is 877 g/mol. The van der Waals surface area contributed by atoms with Gasteiger partial charge in [0, 0.05) is 33.4 Å². The van der Waals surface area contributed by atoms with Crippen molar-refractivity contribution in [2.45, 2.75) is 5.41 Å². The number of anilines is 3. The molecule has 2 heteroatoms. The highest BCUT2D eigenvalue weighted by Crippen LogP contribution is 2.63. The van der Waals surface area contributed by atoms with Crippen LogP contribution in [-0.2, 0) is 5.41 Å². The van der Waals surface area contributed by atoms with Crippen LogP contribution < -0.4 is 4.90 Å². The summed E-state index contributed by atoms with van der Waals surface area (Å²) in [7, 11) is 0. The lowest BCUT2D eigenvalue weighted by atomic mass is 9.70. The van der Waals surface area contributed by atoms with Crippen LogP contribution >= 0.6 is 0 Å². The Bertz CT molecular complexity index is 3890. The van der Waals surface area contributed by atoms with E-state index in [1.807, 2.05) is 0 Å². The second-order valence-electron chi connectivity index (χ2n) is 18.4. The second-order valence-corrected chi connectivity index (χ2v) is 18.4. The van der Waals surface area contributed by atoms with Gasteiger partial charge in [-0.3, -0.25) is 0 Å². The van der Waals surface area contributed by atoms with Crippen molar-refractivity contribution >= 4 is 38.9 Å². The van der Waals surface area contributed by atoms with Gasteiger partial charge in [-0.15, -0.1) is 0 Å². The molecule has 11 aromatic carbocycles. The van der Waals surface area contributed by atoms with Crippen LogP contribution in [0.5, 0.6) is 0 Å². The van der Waals surface area contributed by atoms with Crippen LogP contribution in [0.4, 0.5) is 17.1 Å². The molecule has 0 fully saturated rings. The number of hydrogen-bond acceptors (Lipinski definition) is 1.